The van der Waals surface area contributed by atoms with Gasteiger partial charge < -0.3 is 20.9 Å². The molecule has 9 nitrogen and oxygen atoms in total. The van der Waals surface area contributed by atoms with E-state index < -0.39 is 40.6 Å². The number of nitrogens with zero attached hydrogens (tertiary/aromatic N) is 3. The number of aliphatic hydroxyl groups excluding tert-OH is 1. The average Bonchev–Trinajstić information content (AvgIpc) is 3.16. The van der Waals surface area contributed by atoms with Crippen molar-refractivity contribution in [3.63, 3.8) is 0 Å². The lowest BCUT2D eigenvalue weighted by molar-refractivity contribution is -0.134. The van der Waals surface area contributed by atoms with Crippen LogP contribution in [0.25, 0.3) is 10.9 Å². The summed E-state index contributed by atoms with van der Waals surface area (Å²) in [5.74, 6) is 0.439. The number of alkyl halides is 3. The lowest BCUT2D eigenvalue weighted by Crippen LogP contribution is -2.45. The number of benzene rings is 2. The van der Waals surface area contributed by atoms with Crippen LogP contribution in [-0.2, 0) is 9.73 Å². The molecule has 5 N–H and O–H groups in total. The molecule has 38 heavy (non-hydrogen) atoms. The van der Waals surface area contributed by atoms with Crippen LogP contribution in [0.1, 0.15) is 18.9 Å². The summed E-state index contributed by atoms with van der Waals surface area (Å²) in [7, 11) is -2.44. The maximum absolute atomic E-state index is 14.0. The number of rotatable bonds is 8. The number of hydrogen-bond donors (Lipinski definition) is 4. The third kappa shape index (κ3) is 6.87. The van der Waals surface area contributed by atoms with E-state index in [9.17, 15) is 26.9 Å². The third-order valence-corrected chi connectivity index (χ3v) is 8.31. The summed E-state index contributed by atoms with van der Waals surface area (Å²) >= 11 is 0. The fourth-order valence-electron chi connectivity index (χ4n) is 4.11. The van der Waals surface area contributed by atoms with Crippen molar-refractivity contribution in [2.24, 2.45) is 10.1 Å². The minimum atomic E-state index is -4.52. The molecule has 206 valence electrons. The molecule has 2 aromatic carbocycles. The van der Waals surface area contributed by atoms with E-state index in [4.69, 9.17) is 10.5 Å². The molecule has 2 heterocycles. The SMILES string of the molecule is Cc1cc(N=S2(=O)CC[C@H](N)C2)cc2ncnc(Nc3ccc(F)cc3O[C@H](C)C(O)NCC(F)(F)F)c12. The molecule has 3 aromatic rings. The molecule has 1 saturated heterocycles. The molecule has 1 aromatic heterocycles. The Morgan fingerprint density at radius 3 is 2.74 bits per heavy atom. The zero-order chi connectivity index (χ0) is 27.7. The monoisotopic (exact) mass is 556 g/mol. The van der Waals surface area contributed by atoms with E-state index in [0.29, 0.717) is 40.3 Å². The molecule has 0 radical (unpaired) electrons. The summed E-state index contributed by atoms with van der Waals surface area (Å²) in [5.41, 5.74) is 7.95. The smallest absolute Gasteiger partial charge is 0.401 e. The number of aromatic nitrogens is 2. The van der Waals surface area contributed by atoms with E-state index in [1.807, 2.05) is 12.2 Å². The first kappa shape index (κ1) is 28.0. The average molecular weight is 557 g/mol. The van der Waals surface area contributed by atoms with E-state index in [1.165, 1.54) is 25.4 Å². The van der Waals surface area contributed by atoms with Gasteiger partial charge in [0.15, 0.2) is 0 Å². The molecule has 0 aliphatic carbocycles. The molecular formula is C24H28F4N6O3S. The summed E-state index contributed by atoms with van der Waals surface area (Å²) in [5, 5.41) is 15.6. The van der Waals surface area contributed by atoms with E-state index >= 15 is 0 Å². The molecular weight excluding hydrogens is 528 g/mol. The number of anilines is 2. The van der Waals surface area contributed by atoms with Crippen LogP contribution < -0.4 is 21.1 Å². The molecule has 0 bridgehead atoms. The topological polar surface area (TPSA) is 135 Å². The van der Waals surface area contributed by atoms with Crippen molar-refractivity contribution in [1.82, 2.24) is 15.3 Å². The van der Waals surface area contributed by atoms with Gasteiger partial charge in [-0.25, -0.2) is 18.6 Å². The normalized spacial score (nSPS) is 21.3. The fourth-order valence-corrected chi connectivity index (χ4v) is 6.44. The van der Waals surface area contributed by atoms with Gasteiger partial charge in [0.05, 0.1) is 33.2 Å². The van der Waals surface area contributed by atoms with Crippen LogP contribution >= 0.6 is 0 Å². The Hall–Kier alpha value is -3.07. The van der Waals surface area contributed by atoms with Crippen LogP contribution in [0.2, 0.25) is 0 Å². The second kappa shape index (κ2) is 11.0. The fraction of sp³-hybridized carbons (Fsp3) is 0.417. The molecule has 14 heteroatoms. The quantitative estimate of drug-likeness (QED) is 0.243. The van der Waals surface area contributed by atoms with Gasteiger partial charge in [-0.3, -0.25) is 5.32 Å². The lowest BCUT2D eigenvalue weighted by Gasteiger charge is -2.24. The summed E-state index contributed by atoms with van der Waals surface area (Å²) in [6, 6.07) is 6.92. The Bertz CT molecular complexity index is 1440. The molecule has 0 amide bonds. The van der Waals surface area contributed by atoms with Gasteiger partial charge in [0.25, 0.3) is 0 Å². The van der Waals surface area contributed by atoms with Gasteiger partial charge in [0, 0.05) is 29.0 Å². The highest BCUT2D eigenvalue weighted by Gasteiger charge is 2.29. The van der Waals surface area contributed by atoms with E-state index in [0.717, 1.165) is 11.6 Å². The van der Waals surface area contributed by atoms with E-state index in [1.54, 1.807) is 12.1 Å². The highest BCUT2D eigenvalue weighted by molar-refractivity contribution is 7.94. The summed E-state index contributed by atoms with van der Waals surface area (Å²) in [6.45, 7) is 1.74. The van der Waals surface area contributed by atoms with Gasteiger partial charge in [-0.1, -0.05) is 0 Å². The van der Waals surface area contributed by atoms with Crippen molar-refractivity contribution >= 4 is 37.8 Å². The highest BCUT2D eigenvalue weighted by atomic mass is 32.2. The van der Waals surface area contributed by atoms with Gasteiger partial charge in [-0.05, 0) is 50.1 Å². The van der Waals surface area contributed by atoms with Crippen molar-refractivity contribution < 1.29 is 31.6 Å². The zero-order valence-corrected chi connectivity index (χ0v) is 21.4. The maximum Gasteiger partial charge on any atom is 0.401 e. The molecule has 4 atom stereocenters. The van der Waals surface area contributed by atoms with Crippen molar-refractivity contribution in [3.8, 4) is 5.75 Å². The molecule has 1 aliphatic heterocycles. The van der Waals surface area contributed by atoms with Crippen LogP contribution in [-0.4, -0.2) is 61.9 Å². The minimum Gasteiger partial charge on any atom is -0.484 e. The lowest BCUT2D eigenvalue weighted by atomic mass is 10.1. The van der Waals surface area contributed by atoms with Gasteiger partial charge in [0.2, 0.25) is 0 Å². The predicted octanol–water partition coefficient (Wildman–Crippen LogP) is 3.89. The number of halogens is 4. The first-order valence-corrected chi connectivity index (χ1v) is 13.6. The second-order valence-electron chi connectivity index (χ2n) is 9.19. The Kier molecular flexibility index (Phi) is 8.06. The van der Waals surface area contributed by atoms with E-state index in [-0.39, 0.29) is 17.5 Å². The predicted molar refractivity (Wildman–Crippen MR) is 137 cm³/mol. The van der Waals surface area contributed by atoms with Crippen LogP contribution in [0, 0.1) is 12.7 Å². The number of ether oxygens (including phenoxy) is 1. The minimum absolute atomic E-state index is 0.0455. The van der Waals surface area contributed by atoms with Gasteiger partial charge >= 0.3 is 6.18 Å². The van der Waals surface area contributed by atoms with Gasteiger partial charge in [0.1, 0.15) is 36.0 Å². The van der Waals surface area contributed by atoms with Gasteiger partial charge in [-0.2, -0.15) is 17.5 Å². The molecule has 1 aliphatic rings. The molecule has 1 fully saturated rings. The first-order valence-electron chi connectivity index (χ1n) is 11.8. The summed E-state index contributed by atoms with van der Waals surface area (Å²) in [6.07, 6.45) is -5.38. The Balaban J connectivity index is 1.62. The maximum atomic E-state index is 14.0. The number of fused-ring (bicyclic) bond motifs is 1. The Morgan fingerprint density at radius 2 is 2.05 bits per heavy atom. The number of aliphatic hydroxyl groups is 1. The molecule has 0 saturated carbocycles. The molecule has 0 spiro atoms. The third-order valence-electron chi connectivity index (χ3n) is 5.94. The Morgan fingerprint density at radius 1 is 1.29 bits per heavy atom. The Labute approximate surface area is 217 Å². The summed E-state index contributed by atoms with van der Waals surface area (Å²) < 4.78 is 74.5. The number of aryl methyl sites for hydroxylation is 1. The highest BCUT2D eigenvalue weighted by Crippen LogP contribution is 2.34. The number of nitrogens with one attached hydrogen (secondary N) is 2. The van der Waals surface area contributed by atoms with Crippen molar-refractivity contribution in [3.05, 3.63) is 48.0 Å². The summed E-state index contributed by atoms with van der Waals surface area (Å²) in [4.78, 5) is 8.60. The zero-order valence-electron chi connectivity index (χ0n) is 20.6. The van der Waals surface area contributed by atoms with Crippen LogP contribution in [0.5, 0.6) is 5.75 Å². The number of nitrogens with two attached hydrogens (primary N) is 1. The first-order chi connectivity index (χ1) is 17.8. The number of hydrogen-bond acceptors (Lipinski definition) is 9. The van der Waals surface area contributed by atoms with Gasteiger partial charge in [-0.15, -0.1) is 0 Å². The van der Waals surface area contributed by atoms with Crippen LogP contribution in [0.3, 0.4) is 0 Å². The van der Waals surface area contributed by atoms with Crippen LogP contribution in [0.4, 0.5) is 34.8 Å². The van der Waals surface area contributed by atoms with Crippen molar-refractivity contribution in [2.75, 3.05) is 23.4 Å². The largest absolute Gasteiger partial charge is 0.484 e. The van der Waals surface area contributed by atoms with E-state index in [2.05, 4.69) is 19.6 Å². The second-order valence-corrected chi connectivity index (χ2v) is 11.7. The molecule has 2 unspecified atom stereocenters. The van der Waals surface area contributed by atoms with Crippen molar-refractivity contribution in [1.29, 1.82) is 0 Å². The standard InChI is InChI=1S/C24H28F4N6O3S/c1-13-7-17(34-38(36)6-5-16(29)10-38)9-19-21(13)22(32-12-31-19)33-18-4-3-15(25)8-20(18)37-14(2)23(35)30-11-24(26,27)28/h3-4,7-9,12,14,16,23,30,35H,5-6,10-11,29H2,1-2H3,(H,31,32,33)/t14-,16+,23?,38?/m1/s1. The molecule has 4 rings (SSSR count). The van der Waals surface area contributed by atoms with Crippen molar-refractivity contribution in [2.45, 2.75) is 44.8 Å². The van der Waals surface area contributed by atoms with Crippen LogP contribution in [0.15, 0.2) is 41.0 Å².